The molecule has 1 fully saturated rings. The zero-order valence-corrected chi connectivity index (χ0v) is 8.91. The topological polar surface area (TPSA) is 57.6 Å². The van der Waals surface area contributed by atoms with Crippen molar-refractivity contribution in [2.45, 2.75) is 27.2 Å². The summed E-state index contributed by atoms with van der Waals surface area (Å²) in [7, 11) is 0. The number of carboxylic acids is 1. The molecule has 0 aromatic rings. The quantitative estimate of drug-likeness (QED) is 0.720. The van der Waals surface area contributed by atoms with E-state index < -0.39 is 11.4 Å². The predicted molar refractivity (Wildman–Crippen MR) is 51.8 cm³/mol. The van der Waals surface area contributed by atoms with Gasteiger partial charge in [-0.1, -0.05) is 13.8 Å². The van der Waals surface area contributed by atoms with Crippen molar-refractivity contribution in [3.63, 3.8) is 0 Å². The van der Waals surface area contributed by atoms with Gasteiger partial charge in [-0.05, 0) is 12.3 Å². The first-order valence-corrected chi connectivity index (χ1v) is 4.89. The zero-order chi connectivity index (χ0) is 10.9. The normalized spacial score (nSPS) is 27.0. The van der Waals surface area contributed by atoms with Gasteiger partial charge in [0.25, 0.3) is 0 Å². The van der Waals surface area contributed by atoms with Gasteiger partial charge in [-0.25, -0.2) is 0 Å². The summed E-state index contributed by atoms with van der Waals surface area (Å²) in [5.41, 5.74) is -0.730. The number of aliphatic carboxylic acids is 1. The Morgan fingerprint density at radius 3 is 2.21 bits per heavy atom. The van der Waals surface area contributed by atoms with Crippen LogP contribution in [0.25, 0.3) is 0 Å². The molecule has 0 bridgehead atoms. The summed E-state index contributed by atoms with van der Waals surface area (Å²) < 4.78 is 0. The van der Waals surface area contributed by atoms with Gasteiger partial charge in [-0.15, -0.1) is 0 Å². The third kappa shape index (κ3) is 1.61. The number of amides is 1. The molecule has 1 unspecified atom stereocenters. The average molecular weight is 199 g/mol. The second-order valence-electron chi connectivity index (χ2n) is 4.31. The summed E-state index contributed by atoms with van der Waals surface area (Å²) in [6.45, 7) is 6.21. The molecular formula is C10H17NO3. The molecule has 1 atom stereocenters. The first kappa shape index (κ1) is 11.0. The maximum Gasteiger partial charge on any atom is 0.311 e. The Balaban J connectivity index is 2.85. The number of carbonyl (C=O) groups is 2. The van der Waals surface area contributed by atoms with E-state index in [1.54, 1.807) is 4.90 Å². The summed E-state index contributed by atoms with van der Waals surface area (Å²) >= 11 is 0. The lowest BCUT2D eigenvalue weighted by Crippen LogP contribution is -2.40. The monoisotopic (exact) mass is 199 g/mol. The van der Waals surface area contributed by atoms with Crippen LogP contribution in [0.3, 0.4) is 0 Å². The molecule has 80 valence electrons. The molecule has 1 aliphatic rings. The molecule has 1 aliphatic heterocycles. The van der Waals surface area contributed by atoms with E-state index in [0.717, 1.165) is 0 Å². The van der Waals surface area contributed by atoms with Gasteiger partial charge < -0.3 is 10.0 Å². The van der Waals surface area contributed by atoms with Crippen LogP contribution >= 0.6 is 0 Å². The summed E-state index contributed by atoms with van der Waals surface area (Å²) in [5, 5.41) is 9.20. The average Bonchev–Trinajstić information content (AvgIpc) is 2.48. The van der Waals surface area contributed by atoms with Crippen LogP contribution in [0.1, 0.15) is 27.2 Å². The predicted octanol–water partition coefficient (Wildman–Crippen LogP) is 0.966. The molecule has 0 aromatic heterocycles. The van der Waals surface area contributed by atoms with Crippen molar-refractivity contribution in [2.75, 3.05) is 13.1 Å². The van der Waals surface area contributed by atoms with Gasteiger partial charge >= 0.3 is 5.97 Å². The van der Waals surface area contributed by atoms with Crippen molar-refractivity contribution >= 4 is 11.9 Å². The van der Waals surface area contributed by atoms with E-state index in [1.165, 1.54) is 6.92 Å². The summed E-state index contributed by atoms with van der Waals surface area (Å²) in [4.78, 5) is 23.9. The van der Waals surface area contributed by atoms with Gasteiger partial charge in [0.15, 0.2) is 0 Å². The number of rotatable bonds is 2. The molecule has 1 amide bonds. The van der Waals surface area contributed by atoms with Crippen molar-refractivity contribution < 1.29 is 14.7 Å². The summed E-state index contributed by atoms with van der Waals surface area (Å²) in [6, 6.07) is 0. The van der Waals surface area contributed by atoms with E-state index >= 15 is 0 Å². The van der Waals surface area contributed by atoms with Crippen LogP contribution in [-0.2, 0) is 9.59 Å². The first-order valence-electron chi connectivity index (χ1n) is 4.89. The fourth-order valence-corrected chi connectivity index (χ4v) is 1.99. The second kappa shape index (κ2) is 3.59. The minimum Gasteiger partial charge on any atom is -0.481 e. The lowest BCUT2D eigenvalue weighted by molar-refractivity contribution is -0.151. The molecule has 1 heterocycles. The Morgan fingerprint density at radius 1 is 1.43 bits per heavy atom. The minimum atomic E-state index is -0.781. The Kier molecular flexibility index (Phi) is 2.83. The SMILES string of the molecule is CC(=O)N1CCC(C(=O)O)(C(C)C)C1. The van der Waals surface area contributed by atoms with Crippen molar-refractivity contribution in [1.82, 2.24) is 4.90 Å². The standard InChI is InChI=1S/C10H17NO3/c1-7(2)10(9(13)14)4-5-11(6-10)8(3)12/h7H,4-6H2,1-3H3,(H,13,14). The van der Waals surface area contributed by atoms with Gasteiger partial charge in [-0.2, -0.15) is 0 Å². The van der Waals surface area contributed by atoms with E-state index in [4.69, 9.17) is 0 Å². The van der Waals surface area contributed by atoms with Gasteiger partial charge in [0.05, 0.1) is 5.41 Å². The van der Waals surface area contributed by atoms with E-state index in [1.807, 2.05) is 13.8 Å². The van der Waals surface area contributed by atoms with Gasteiger partial charge in [0, 0.05) is 20.0 Å². The van der Waals surface area contributed by atoms with Crippen LogP contribution in [0.15, 0.2) is 0 Å². The Morgan fingerprint density at radius 2 is 2.00 bits per heavy atom. The smallest absolute Gasteiger partial charge is 0.311 e. The van der Waals surface area contributed by atoms with Crippen molar-refractivity contribution in [3.8, 4) is 0 Å². The van der Waals surface area contributed by atoms with E-state index in [9.17, 15) is 14.7 Å². The second-order valence-corrected chi connectivity index (χ2v) is 4.31. The lowest BCUT2D eigenvalue weighted by Gasteiger charge is -2.28. The number of carbonyl (C=O) groups excluding carboxylic acids is 1. The molecule has 4 nitrogen and oxygen atoms in total. The lowest BCUT2D eigenvalue weighted by atomic mass is 9.76. The highest BCUT2D eigenvalue weighted by Gasteiger charge is 2.47. The first-order chi connectivity index (χ1) is 6.40. The van der Waals surface area contributed by atoms with Crippen molar-refractivity contribution in [3.05, 3.63) is 0 Å². The van der Waals surface area contributed by atoms with Gasteiger partial charge in [0.1, 0.15) is 0 Å². The molecular weight excluding hydrogens is 182 g/mol. The van der Waals surface area contributed by atoms with Crippen molar-refractivity contribution in [1.29, 1.82) is 0 Å². The zero-order valence-electron chi connectivity index (χ0n) is 8.91. The third-order valence-electron chi connectivity index (χ3n) is 3.28. The number of nitrogens with zero attached hydrogens (tertiary/aromatic N) is 1. The fraction of sp³-hybridized carbons (Fsp3) is 0.800. The molecule has 0 spiro atoms. The van der Waals surface area contributed by atoms with Gasteiger partial charge in [-0.3, -0.25) is 9.59 Å². The van der Waals surface area contributed by atoms with E-state index in [-0.39, 0.29) is 11.8 Å². The molecule has 14 heavy (non-hydrogen) atoms. The van der Waals surface area contributed by atoms with Crippen LogP contribution in [-0.4, -0.2) is 35.0 Å². The molecule has 0 aliphatic carbocycles. The van der Waals surface area contributed by atoms with Crippen LogP contribution in [0, 0.1) is 11.3 Å². The molecule has 4 heteroatoms. The van der Waals surface area contributed by atoms with Crippen LogP contribution in [0.4, 0.5) is 0 Å². The third-order valence-corrected chi connectivity index (χ3v) is 3.28. The number of hydrogen-bond donors (Lipinski definition) is 1. The maximum absolute atomic E-state index is 11.2. The van der Waals surface area contributed by atoms with Crippen LogP contribution < -0.4 is 0 Å². The highest BCUT2D eigenvalue weighted by molar-refractivity contribution is 5.79. The van der Waals surface area contributed by atoms with Crippen molar-refractivity contribution in [2.24, 2.45) is 11.3 Å². The van der Waals surface area contributed by atoms with E-state index in [0.29, 0.717) is 19.5 Å². The maximum atomic E-state index is 11.2. The molecule has 0 aromatic carbocycles. The van der Waals surface area contributed by atoms with E-state index in [2.05, 4.69) is 0 Å². The highest BCUT2D eigenvalue weighted by Crippen LogP contribution is 2.38. The molecule has 0 saturated carbocycles. The Hall–Kier alpha value is -1.06. The Labute approximate surface area is 83.9 Å². The van der Waals surface area contributed by atoms with Crippen LogP contribution in [0.2, 0.25) is 0 Å². The van der Waals surface area contributed by atoms with Crippen LogP contribution in [0.5, 0.6) is 0 Å². The molecule has 1 rings (SSSR count). The number of hydrogen-bond acceptors (Lipinski definition) is 2. The minimum absolute atomic E-state index is 0.0335. The molecule has 1 N–H and O–H groups in total. The fourth-order valence-electron chi connectivity index (χ4n) is 1.99. The largest absolute Gasteiger partial charge is 0.481 e. The molecule has 0 radical (unpaired) electrons. The number of likely N-dealkylation sites (tertiary alicyclic amines) is 1. The molecule has 1 saturated heterocycles. The van der Waals surface area contributed by atoms with Gasteiger partial charge in [0.2, 0.25) is 5.91 Å². The Bertz CT molecular complexity index is 262. The summed E-state index contributed by atoms with van der Waals surface area (Å²) in [5.74, 6) is -0.755. The summed E-state index contributed by atoms with van der Waals surface area (Å²) in [6.07, 6.45) is 0.569. The number of carboxylic acid groups (broad SMARTS) is 1. The highest BCUT2D eigenvalue weighted by atomic mass is 16.4.